The Balaban J connectivity index is 1.16. The lowest BCUT2D eigenvalue weighted by molar-refractivity contribution is -0.128. The number of rotatable bonds is 8. The average molecular weight is 611 g/mol. The van der Waals surface area contributed by atoms with E-state index in [0.29, 0.717) is 38.8 Å². The summed E-state index contributed by atoms with van der Waals surface area (Å²) in [5, 5.41) is 0. The molecule has 1 saturated heterocycles. The minimum absolute atomic E-state index is 0.175. The number of hydrogen-bond acceptors (Lipinski definition) is 7. The Labute approximate surface area is 265 Å². The molecule has 4 heterocycles. The number of halogens is 1. The van der Waals surface area contributed by atoms with Crippen LogP contribution < -0.4 is 14.5 Å². The average Bonchev–Trinajstić information content (AvgIpc) is 3.71. The number of ether oxygens (including phenoxy) is 1. The highest BCUT2D eigenvalue weighted by atomic mass is 19.1. The van der Waals surface area contributed by atoms with Gasteiger partial charge in [0.15, 0.2) is 5.83 Å². The standard InChI is InChI=1S/C36H43FN6O2/c1-24(37)35(44)42-20-18-41(19-21-42)33-32-14-17-43(25(2)29-11-5-8-26-9-6-12-31(26)29)34(32)39-36(38-33)45-22-15-27-7-4-10-28-23-40(3)16-13-30(27)28/h4-5,7-8,10-11,25H,1,6,9,12-23H2,2-3H3. The highest BCUT2D eigenvalue weighted by Crippen LogP contribution is 2.41. The molecule has 1 unspecified atom stereocenters. The molecule has 0 spiro atoms. The number of amides is 1. The van der Waals surface area contributed by atoms with E-state index in [9.17, 15) is 9.18 Å². The molecule has 1 amide bonds. The second kappa shape index (κ2) is 12.4. The molecule has 0 saturated carbocycles. The zero-order valence-electron chi connectivity index (χ0n) is 26.5. The van der Waals surface area contributed by atoms with E-state index in [1.807, 2.05) is 0 Å². The fourth-order valence-corrected chi connectivity index (χ4v) is 7.76. The number of benzene rings is 2. The Kier molecular flexibility index (Phi) is 8.21. The lowest BCUT2D eigenvalue weighted by atomic mass is 9.93. The molecular formula is C36H43FN6O2. The van der Waals surface area contributed by atoms with E-state index in [1.54, 1.807) is 0 Å². The first-order valence-electron chi connectivity index (χ1n) is 16.4. The van der Waals surface area contributed by atoms with Gasteiger partial charge in [-0.2, -0.15) is 9.97 Å². The van der Waals surface area contributed by atoms with Crippen molar-refractivity contribution >= 4 is 17.5 Å². The highest BCUT2D eigenvalue weighted by molar-refractivity contribution is 5.90. The van der Waals surface area contributed by atoms with Crippen molar-refractivity contribution in [2.75, 3.05) is 62.7 Å². The second-order valence-corrected chi connectivity index (χ2v) is 12.9. The van der Waals surface area contributed by atoms with Gasteiger partial charge >= 0.3 is 6.01 Å². The molecule has 45 heavy (non-hydrogen) atoms. The van der Waals surface area contributed by atoms with Gasteiger partial charge in [0.25, 0.3) is 5.91 Å². The van der Waals surface area contributed by atoms with Crippen molar-refractivity contribution < 1.29 is 13.9 Å². The summed E-state index contributed by atoms with van der Waals surface area (Å²) in [6, 6.07) is 13.9. The Morgan fingerprint density at radius 2 is 1.67 bits per heavy atom. The van der Waals surface area contributed by atoms with Crippen LogP contribution in [0, 0.1) is 0 Å². The summed E-state index contributed by atoms with van der Waals surface area (Å²) >= 11 is 0. The van der Waals surface area contributed by atoms with Crippen molar-refractivity contribution in [2.24, 2.45) is 0 Å². The number of anilines is 2. The predicted molar refractivity (Wildman–Crippen MR) is 175 cm³/mol. The van der Waals surface area contributed by atoms with E-state index in [4.69, 9.17) is 14.7 Å². The van der Waals surface area contributed by atoms with Crippen LogP contribution >= 0.6 is 0 Å². The number of aryl methyl sites for hydroxylation is 1. The van der Waals surface area contributed by atoms with Gasteiger partial charge in [-0.3, -0.25) is 4.79 Å². The minimum atomic E-state index is -0.911. The molecule has 0 bridgehead atoms. The van der Waals surface area contributed by atoms with Crippen molar-refractivity contribution in [1.82, 2.24) is 19.8 Å². The lowest BCUT2D eigenvalue weighted by Crippen LogP contribution is -2.49. The molecule has 4 aliphatic rings. The number of piperazine rings is 1. The summed E-state index contributed by atoms with van der Waals surface area (Å²) in [5.74, 6) is 0.269. The van der Waals surface area contributed by atoms with Crippen molar-refractivity contribution in [3.05, 3.63) is 87.7 Å². The number of carbonyl (C=O) groups is 1. The van der Waals surface area contributed by atoms with Gasteiger partial charge in [-0.1, -0.05) is 43.0 Å². The second-order valence-electron chi connectivity index (χ2n) is 12.9. The van der Waals surface area contributed by atoms with Gasteiger partial charge in [0, 0.05) is 57.8 Å². The Morgan fingerprint density at radius 3 is 2.49 bits per heavy atom. The van der Waals surface area contributed by atoms with Gasteiger partial charge in [0.1, 0.15) is 11.6 Å². The summed E-state index contributed by atoms with van der Waals surface area (Å²) in [5.41, 5.74) is 9.68. The van der Waals surface area contributed by atoms with E-state index >= 15 is 0 Å². The fraction of sp³-hybridized carbons (Fsp3) is 0.472. The third kappa shape index (κ3) is 5.78. The molecule has 236 valence electrons. The number of fused-ring (bicyclic) bond motifs is 3. The Bertz CT molecular complexity index is 1620. The van der Waals surface area contributed by atoms with Crippen LogP contribution in [0.5, 0.6) is 6.01 Å². The summed E-state index contributed by atoms with van der Waals surface area (Å²) in [7, 11) is 2.17. The Hall–Kier alpha value is -3.98. The molecule has 2 aromatic carbocycles. The quantitative estimate of drug-likeness (QED) is 0.339. The van der Waals surface area contributed by atoms with Crippen molar-refractivity contribution in [3.8, 4) is 6.01 Å². The third-order valence-corrected chi connectivity index (χ3v) is 10.2. The molecule has 9 heteroatoms. The fourth-order valence-electron chi connectivity index (χ4n) is 7.76. The van der Waals surface area contributed by atoms with E-state index in [-0.39, 0.29) is 6.04 Å². The van der Waals surface area contributed by atoms with Crippen molar-refractivity contribution in [2.45, 2.75) is 58.0 Å². The minimum Gasteiger partial charge on any atom is -0.463 e. The molecule has 3 aromatic rings. The van der Waals surface area contributed by atoms with Crippen LogP contribution in [0.25, 0.3) is 0 Å². The van der Waals surface area contributed by atoms with Gasteiger partial charge in [-0.05, 0) is 79.5 Å². The molecule has 7 rings (SSSR count). The number of nitrogens with zero attached hydrogens (tertiary/aromatic N) is 6. The first-order valence-corrected chi connectivity index (χ1v) is 16.4. The van der Waals surface area contributed by atoms with Crippen molar-refractivity contribution in [1.29, 1.82) is 0 Å². The number of carbonyl (C=O) groups excluding carboxylic acids is 1. The first-order chi connectivity index (χ1) is 21.9. The van der Waals surface area contributed by atoms with Crippen LogP contribution in [0.3, 0.4) is 0 Å². The molecule has 1 atom stereocenters. The van der Waals surface area contributed by atoms with Crippen molar-refractivity contribution in [3.63, 3.8) is 0 Å². The molecule has 1 aromatic heterocycles. The Morgan fingerprint density at radius 1 is 0.911 bits per heavy atom. The molecule has 3 aliphatic heterocycles. The summed E-state index contributed by atoms with van der Waals surface area (Å²) in [4.78, 5) is 30.8. The summed E-state index contributed by atoms with van der Waals surface area (Å²) in [6.07, 6.45) is 6.20. The van der Waals surface area contributed by atoms with E-state index in [2.05, 4.69) is 71.6 Å². The molecule has 0 radical (unpaired) electrons. The summed E-state index contributed by atoms with van der Waals surface area (Å²) in [6.45, 7) is 10.9. The maximum atomic E-state index is 13.6. The number of likely N-dealkylation sites (N-methyl/N-ethyl adjacent to an activating group) is 1. The van der Waals surface area contributed by atoms with Crippen LogP contribution in [-0.4, -0.2) is 78.6 Å². The van der Waals surface area contributed by atoms with Gasteiger partial charge in [0.2, 0.25) is 0 Å². The van der Waals surface area contributed by atoms with E-state index in [0.717, 1.165) is 68.9 Å². The van der Waals surface area contributed by atoms with Gasteiger partial charge in [0.05, 0.1) is 12.6 Å². The molecule has 1 fully saturated rings. The third-order valence-electron chi connectivity index (χ3n) is 10.2. The molecule has 8 nitrogen and oxygen atoms in total. The first kappa shape index (κ1) is 29.7. The lowest BCUT2D eigenvalue weighted by Gasteiger charge is -2.36. The van der Waals surface area contributed by atoms with Crippen LogP contribution in [0.1, 0.15) is 58.3 Å². The monoisotopic (exact) mass is 610 g/mol. The molecule has 0 N–H and O–H groups in total. The van der Waals surface area contributed by atoms with Crippen LogP contribution in [0.15, 0.2) is 48.8 Å². The van der Waals surface area contributed by atoms with Gasteiger partial charge in [-0.25, -0.2) is 4.39 Å². The normalized spacial score (nSPS) is 18.4. The smallest absolute Gasteiger partial charge is 0.320 e. The molecule has 1 aliphatic carbocycles. The maximum Gasteiger partial charge on any atom is 0.320 e. The van der Waals surface area contributed by atoms with Crippen LogP contribution in [-0.2, 0) is 43.4 Å². The van der Waals surface area contributed by atoms with Gasteiger partial charge in [-0.15, -0.1) is 0 Å². The maximum absolute atomic E-state index is 13.6. The highest BCUT2D eigenvalue weighted by Gasteiger charge is 2.34. The SMILES string of the molecule is C=C(F)C(=O)N1CCN(c2nc(OCCc3cccc4c3CCN(C)C4)nc3c2CCN3C(C)c2cccc3c2CCC3)CC1. The van der Waals surface area contributed by atoms with Gasteiger partial charge < -0.3 is 24.3 Å². The summed E-state index contributed by atoms with van der Waals surface area (Å²) < 4.78 is 19.9. The largest absolute Gasteiger partial charge is 0.463 e. The molecular weight excluding hydrogens is 567 g/mol. The zero-order chi connectivity index (χ0) is 31.1. The topological polar surface area (TPSA) is 65.0 Å². The van der Waals surface area contributed by atoms with E-state index < -0.39 is 11.7 Å². The van der Waals surface area contributed by atoms with E-state index in [1.165, 1.54) is 44.7 Å². The number of aromatic nitrogens is 2. The van der Waals surface area contributed by atoms with Crippen LogP contribution in [0.4, 0.5) is 16.0 Å². The predicted octanol–water partition coefficient (Wildman–Crippen LogP) is 4.83. The zero-order valence-corrected chi connectivity index (χ0v) is 26.5. The van der Waals surface area contributed by atoms with Crippen LogP contribution in [0.2, 0.25) is 0 Å². The number of hydrogen-bond donors (Lipinski definition) is 0.